The molecule has 9 heteroatoms. The number of esters is 1. The van der Waals surface area contributed by atoms with Crippen molar-refractivity contribution < 1.29 is 23.9 Å². The summed E-state index contributed by atoms with van der Waals surface area (Å²) in [5.41, 5.74) is 4.67. The molecule has 2 aliphatic heterocycles. The van der Waals surface area contributed by atoms with Crippen molar-refractivity contribution in [2.75, 3.05) is 26.7 Å². The number of rotatable bonds is 5. The van der Waals surface area contributed by atoms with Gasteiger partial charge in [0.1, 0.15) is 6.54 Å². The van der Waals surface area contributed by atoms with Gasteiger partial charge in [0.25, 0.3) is 11.1 Å². The molecular weight excluding hydrogens is 466 g/mol. The first-order valence-corrected chi connectivity index (χ1v) is 12.4. The fourth-order valence-corrected chi connectivity index (χ4v) is 5.49. The second kappa shape index (κ2) is 10.1. The Labute approximate surface area is 208 Å². The first-order valence-electron chi connectivity index (χ1n) is 11.6. The molecule has 3 amide bonds. The minimum absolute atomic E-state index is 0.188. The number of methoxy groups -OCH3 is 1. The quantitative estimate of drug-likeness (QED) is 0.455. The SMILES string of the molecule is COC(=O)c1cccc(-n2c(C)cc(/C=C3\SC(=O)N(CC(=O)N4CCCCC4)C3=O)c2C)c1C. The third kappa shape index (κ3) is 4.77. The molecule has 2 aliphatic rings. The van der Waals surface area contributed by atoms with Gasteiger partial charge >= 0.3 is 5.97 Å². The Morgan fingerprint density at radius 3 is 2.49 bits per heavy atom. The van der Waals surface area contributed by atoms with Crippen LogP contribution in [0.25, 0.3) is 11.8 Å². The van der Waals surface area contributed by atoms with Gasteiger partial charge in [-0.1, -0.05) is 6.07 Å². The van der Waals surface area contributed by atoms with E-state index in [9.17, 15) is 19.2 Å². The summed E-state index contributed by atoms with van der Waals surface area (Å²) in [4.78, 5) is 53.4. The molecule has 1 aromatic carbocycles. The number of likely N-dealkylation sites (tertiary alicyclic amines) is 1. The Bertz CT molecular complexity index is 1240. The fraction of sp³-hybridized carbons (Fsp3) is 0.385. The van der Waals surface area contributed by atoms with Crippen LogP contribution in [0.3, 0.4) is 0 Å². The monoisotopic (exact) mass is 495 g/mol. The highest BCUT2D eigenvalue weighted by atomic mass is 32.2. The highest BCUT2D eigenvalue weighted by Crippen LogP contribution is 2.34. The number of thioether (sulfide) groups is 1. The molecule has 2 saturated heterocycles. The summed E-state index contributed by atoms with van der Waals surface area (Å²) in [6.45, 7) is 6.86. The fourth-order valence-electron chi connectivity index (χ4n) is 4.66. The van der Waals surface area contributed by atoms with Crippen molar-refractivity contribution in [1.29, 1.82) is 0 Å². The summed E-state index contributed by atoms with van der Waals surface area (Å²) in [6, 6.07) is 7.39. The van der Waals surface area contributed by atoms with E-state index in [1.165, 1.54) is 7.11 Å². The van der Waals surface area contributed by atoms with E-state index < -0.39 is 17.1 Å². The van der Waals surface area contributed by atoms with Crippen LogP contribution in [0.4, 0.5) is 4.79 Å². The molecule has 0 spiro atoms. The second-order valence-corrected chi connectivity index (χ2v) is 9.81. The minimum Gasteiger partial charge on any atom is -0.465 e. The number of imide groups is 1. The van der Waals surface area contributed by atoms with Crippen molar-refractivity contribution in [1.82, 2.24) is 14.4 Å². The van der Waals surface area contributed by atoms with Gasteiger partial charge in [-0.2, -0.15) is 0 Å². The lowest BCUT2D eigenvalue weighted by Gasteiger charge is -2.27. The van der Waals surface area contributed by atoms with E-state index in [1.807, 2.05) is 37.5 Å². The van der Waals surface area contributed by atoms with Crippen molar-refractivity contribution in [3.63, 3.8) is 0 Å². The Balaban J connectivity index is 1.60. The molecule has 4 rings (SSSR count). The van der Waals surface area contributed by atoms with Crippen LogP contribution in [0.1, 0.15) is 52.1 Å². The van der Waals surface area contributed by atoms with Gasteiger partial charge in [-0.05, 0) is 87.2 Å². The van der Waals surface area contributed by atoms with Gasteiger partial charge in [0.2, 0.25) is 5.91 Å². The highest BCUT2D eigenvalue weighted by molar-refractivity contribution is 8.18. The average molecular weight is 496 g/mol. The molecule has 3 heterocycles. The molecule has 2 aromatic rings. The van der Waals surface area contributed by atoms with Crippen molar-refractivity contribution in [2.24, 2.45) is 0 Å². The van der Waals surface area contributed by atoms with Gasteiger partial charge in [-0.25, -0.2) is 4.79 Å². The maximum Gasteiger partial charge on any atom is 0.338 e. The van der Waals surface area contributed by atoms with Gasteiger partial charge in [-0.3, -0.25) is 19.3 Å². The minimum atomic E-state index is -0.445. The maximum absolute atomic E-state index is 13.0. The topological polar surface area (TPSA) is 88.9 Å². The van der Waals surface area contributed by atoms with E-state index >= 15 is 0 Å². The van der Waals surface area contributed by atoms with Gasteiger partial charge < -0.3 is 14.2 Å². The molecule has 0 unspecified atom stereocenters. The molecule has 0 radical (unpaired) electrons. The maximum atomic E-state index is 13.0. The second-order valence-electron chi connectivity index (χ2n) is 8.81. The Morgan fingerprint density at radius 1 is 1.09 bits per heavy atom. The Kier molecular flexibility index (Phi) is 7.16. The predicted octanol–water partition coefficient (Wildman–Crippen LogP) is 4.24. The molecule has 0 atom stereocenters. The number of nitrogens with zero attached hydrogens (tertiary/aromatic N) is 3. The number of piperidine rings is 1. The van der Waals surface area contributed by atoms with Crippen LogP contribution in [0.2, 0.25) is 0 Å². The molecule has 35 heavy (non-hydrogen) atoms. The molecule has 8 nitrogen and oxygen atoms in total. The number of aromatic nitrogens is 1. The van der Waals surface area contributed by atoms with E-state index in [4.69, 9.17) is 4.74 Å². The predicted molar refractivity (Wildman–Crippen MR) is 134 cm³/mol. The summed E-state index contributed by atoms with van der Waals surface area (Å²) in [5.74, 6) is -1.04. The van der Waals surface area contributed by atoms with Crippen LogP contribution in [-0.2, 0) is 14.3 Å². The van der Waals surface area contributed by atoms with E-state index in [0.717, 1.165) is 64.1 Å². The van der Waals surface area contributed by atoms with Crippen LogP contribution >= 0.6 is 11.8 Å². The van der Waals surface area contributed by atoms with Crippen molar-refractivity contribution in [2.45, 2.75) is 40.0 Å². The molecule has 0 bridgehead atoms. The Hall–Kier alpha value is -3.33. The van der Waals surface area contributed by atoms with Gasteiger partial charge in [0, 0.05) is 30.2 Å². The molecule has 0 saturated carbocycles. The summed E-state index contributed by atoms with van der Waals surface area (Å²) in [6.07, 6.45) is 4.70. The molecule has 184 valence electrons. The number of benzene rings is 1. The van der Waals surface area contributed by atoms with E-state index in [0.29, 0.717) is 23.6 Å². The third-order valence-electron chi connectivity index (χ3n) is 6.58. The van der Waals surface area contributed by atoms with Crippen LogP contribution < -0.4 is 0 Å². The number of carbonyl (C=O) groups is 4. The Morgan fingerprint density at radius 2 is 1.80 bits per heavy atom. The standard InChI is InChI=1S/C26H29N3O5S/c1-16-13-19(18(3)29(16)21-10-8-9-20(17(21)2)25(32)34-4)14-22-24(31)28(26(33)35-22)15-23(30)27-11-6-5-7-12-27/h8-10,13-14H,5-7,11-12,15H2,1-4H3/b22-14-. The van der Waals surface area contributed by atoms with Crippen molar-refractivity contribution in [3.8, 4) is 5.69 Å². The lowest BCUT2D eigenvalue weighted by atomic mass is 10.1. The normalized spacial score (nSPS) is 17.4. The summed E-state index contributed by atoms with van der Waals surface area (Å²) in [7, 11) is 1.35. The number of hydrogen-bond donors (Lipinski definition) is 0. The van der Waals surface area contributed by atoms with E-state index in [2.05, 4.69) is 0 Å². The lowest BCUT2D eigenvalue weighted by Crippen LogP contribution is -2.44. The zero-order valence-corrected chi connectivity index (χ0v) is 21.2. The molecule has 0 N–H and O–H groups in total. The summed E-state index contributed by atoms with van der Waals surface area (Å²) < 4.78 is 6.91. The number of aryl methyl sites for hydroxylation is 1. The highest BCUT2D eigenvalue weighted by Gasteiger charge is 2.37. The molecule has 0 aliphatic carbocycles. The van der Waals surface area contributed by atoms with Crippen LogP contribution in [-0.4, -0.2) is 64.1 Å². The molecular formula is C26H29N3O5S. The van der Waals surface area contributed by atoms with Gasteiger partial charge in [0.05, 0.1) is 17.6 Å². The van der Waals surface area contributed by atoms with Gasteiger partial charge in [-0.15, -0.1) is 0 Å². The van der Waals surface area contributed by atoms with E-state index in [1.54, 1.807) is 23.1 Å². The summed E-state index contributed by atoms with van der Waals surface area (Å²) in [5, 5.41) is -0.429. The first-order chi connectivity index (χ1) is 16.7. The number of amides is 3. The zero-order chi connectivity index (χ0) is 25.3. The average Bonchev–Trinajstić information content (AvgIpc) is 3.28. The zero-order valence-electron chi connectivity index (χ0n) is 20.4. The third-order valence-corrected chi connectivity index (χ3v) is 7.49. The van der Waals surface area contributed by atoms with Crippen molar-refractivity contribution in [3.05, 3.63) is 57.2 Å². The molecule has 2 fully saturated rings. The number of hydrogen-bond acceptors (Lipinski definition) is 6. The largest absolute Gasteiger partial charge is 0.465 e. The van der Waals surface area contributed by atoms with Crippen molar-refractivity contribution >= 4 is 40.9 Å². The number of carbonyl (C=O) groups excluding carboxylic acids is 4. The lowest BCUT2D eigenvalue weighted by molar-refractivity contribution is -0.136. The van der Waals surface area contributed by atoms with Crippen LogP contribution in [0.5, 0.6) is 0 Å². The van der Waals surface area contributed by atoms with Gasteiger partial charge in [0.15, 0.2) is 0 Å². The summed E-state index contributed by atoms with van der Waals surface area (Å²) >= 11 is 0.855. The van der Waals surface area contributed by atoms with Crippen LogP contribution in [0.15, 0.2) is 29.2 Å². The first kappa shape index (κ1) is 24.8. The molecule has 1 aromatic heterocycles. The van der Waals surface area contributed by atoms with Crippen LogP contribution in [0, 0.1) is 20.8 Å². The number of ether oxygens (including phenoxy) is 1. The van der Waals surface area contributed by atoms with E-state index in [-0.39, 0.29) is 12.5 Å². The smallest absolute Gasteiger partial charge is 0.338 e.